The quantitative estimate of drug-likeness (QED) is 0.674. The molecule has 0 aliphatic carbocycles. The van der Waals surface area contributed by atoms with Gasteiger partial charge in [-0.1, -0.05) is 12.1 Å². The highest BCUT2D eigenvalue weighted by Crippen LogP contribution is 2.35. The van der Waals surface area contributed by atoms with Crippen molar-refractivity contribution in [3.8, 4) is 11.1 Å². The number of fused-ring (bicyclic) bond motifs is 1. The smallest absolute Gasteiger partial charge is 0.416 e. The molecule has 1 atom stereocenters. The van der Waals surface area contributed by atoms with Crippen LogP contribution in [0, 0.1) is 0 Å². The van der Waals surface area contributed by atoms with Crippen molar-refractivity contribution in [2.75, 3.05) is 6.61 Å². The van der Waals surface area contributed by atoms with Gasteiger partial charge in [0.25, 0.3) is 0 Å². The molecule has 0 radical (unpaired) electrons. The number of hydrogen-bond donors (Lipinski definition) is 1. The van der Waals surface area contributed by atoms with E-state index < -0.39 is 17.7 Å². The Morgan fingerprint density at radius 1 is 1.18 bits per heavy atom. The number of carboxylic acids is 1. The van der Waals surface area contributed by atoms with E-state index in [4.69, 9.17) is 4.74 Å². The van der Waals surface area contributed by atoms with E-state index in [1.54, 1.807) is 10.7 Å². The highest BCUT2D eigenvalue weighted by Gasteiger charge is 2.30. The third kappa shape index (κ3) is 3.35. The third-order valence-corrected chi connectivity index (χ3v) is 4.90. The summed E-state index contributed by atoms with van der Waals surface area (Å²) in [4.78, 5) is 11.8. The molecule has 1 aliphatic heterocycles. The van der Waals surface area contributed by atoms with Gasteiger partial charge in [-0.05, 0) is 54.7 Å². The summed E-state index contributed by atoms with van der Waals surface area (Å²) in [6.07, 6.45) is -0.672. The third-order valence-electron chi connectivity index (χ3n) is 4.90. The van der Waals surface area contributed by atoms with Gasteiger partial charge in [-0.3, -0.25) is 0 Å². The molecule has 0 amide bonds. The Kier molecular flexibility index (Phi) is 4.58. The van der Waals surface area contributed by atoms with Crippen molar-refractivity contribution in [2.24, 2.45) is 0 Å². The summed E-state index contributed by atoms with van der Waals surface area (Å²) in [5.74, 6) is -1.16. The Morgan fingerprint density at radius 2 is 2.00 bits per heavy atom. The van der Waals surface area contributed by atoms with Crippen molar-refractivity contribution >= 4 is 16.9 Å². The van der Waals surface area contributed by atoms with Gasteiger partial charge in [-0.25, -0.2) is 9.48 Å². The van der Waals surface area contributed by atoms with Crippen LogP contribution in [0.3, 0.4) is 0 Å². The van der Waals surface area contributed by atoms with Crippen molar-refractivity contribution in [1.29, 1.82) is 0 Å². The number of rotatable bonds is 3. The van der Waals surface area contributed by atoms with Crippen LogP contribution in [0.25, 0.3) is 22.0 Å². The lowest BCUT2D eigenvalue weighted by Gasteiger charge is -2.23. The zero-order valence-electron chi connectivity index (χ0n) is 14.7. The topological polar surface area (TPSA) is 64.3 Å². The van der Waals surface area contributed by atoms with Gasteiger partial charge in [0.2, 0.25) is 0 Å². The zero-order valence-corrected chi connectivity index (χ0v) is 14.7. The van der Waals surface area contributed by atoms with Crippen molar-refractivity contribution in [2.45, 2.75) is 31.7 Å². The van der Waals surface area contributed by atoms with E-state index in [0.717, 1.165) is 31.4 Å². The first-order chi connectivity index (χ1) is 13.3. The molecule has 1 N–H and O–H groups in total. The fourth-order valence-electron chi connectivity index (χ4n) is 3.51. The second kappa shape index (κ2) is 6.94. The lowest BCUT2D eigenvalue weighted by Crippen LogP contribution is -2.19. The first-order valence-corrected chi connectivity index (χ1v) is 8.88. The molecule has 0 saturated carbocycles. The molecule has 28 heavy (non-hydrogen) atoms. The highest BCUT2D eigenvalue weighted by atomic mass is 19.4. The first-order valence-electron chi connectivity index (χ1n) is 8.88. The number of benzene rings is 2. The van der Waals surface area contributed by atoms with Crippen LogP contribution in [-0.2, 0) is 10.9 Å². The van der Waals surface area contributed by atoms with Crippen molar-refractivity contribution in [3.63, 3.8) is 0 Å². The SMILES string of the molecule is O=C(O)c1cc(-c2cccc(C(F)(F)F)c2)cc2c1cnn2C1CCCCO1. The fourth-order valence-corrected chi connectivity index (χ4v) is 3.51. The van der Waals surface area contributed by atoms with Gasteiger partial charge < -0.3 is 9.84 Å². The molecule has 2 aromatic carbocycles. The average molecular weight is 390 g/mol. The Balaban J connectivity index is 1.88. The van der Waals surface area contributed by atoms with Crippen molar-refractivity contribution in [3.05, 3.63) is 53.7 Å². The molecule has 2 heterocycles. The second-order valence-corrected chi connectivity index (χ2v) is 6.75. The second-order valence-electron chi connectivity index (χ2n) is 6.75. The summed E-state index contributed by atoms with van der Waals surface area (Å²) >= 11 is 0. The number of ether oxygens (including phenoxy) is 1. The molecule has 0 bridgehead atoms. The van der Waals surface area contributed by atoms with Gasteiger partial charge in [-0.2, -0.15) is 18.3 Å². The number of carbonyl (C=O) groups is 1. The minimum atomic E-state index is -4.48. The average Bonchev–Trinajstić information content (AvgIpc) is 3.11. The largest absolute Gasteiger partial charge is 0.478 e. The summed E-state index contributed by atoms with van der Waals surface area (Å²) in [6.45, 7) is 0.588. The summed E-state index contributed by atoms with van der Waals surface area (Å²) in [5, 5.41) is 14.3. The normalized spacial score (nSPS) is 17.8. The molecular weight excluding hydrogens is 373 g/mol. The number of nitrogens with zero attached hydrogens (tertiary/aromatic N) is 2. The number of carboxylic acid groups (broad SMARTS) is 1. The maximum absolute atomic E-state index is 13.1. The van der Waals surface area contributed by atoms with E-state index in [0.29, 0.717) is 23.1 Å². The van der Waals surface area contributed by atoms with Gasteiger partial charge in [0.05, 0.1) is 22.8 Å². The van der Waals surface area contributed by atoms with Gasteiger partial charge in [0.1, 0.15) is 0 Å². The Bertz CT molecular complexity index is 1040. The lowest BCUT2D eigenvalue weighted by atomic mass is 9.98. The molecule has 1 aliphatic rings. The summed E-state index contributed by atoms with van der Waals surface area (Å²) in [5.41, 5.74) is 0.405. The van der Waals surface area contributed by atoms with Crippen LogP contribution in [0.5, 0.6) is 0 Å². The number of alkyl halides is 3. The van der Waals surface area contributed by atoms with E-state index in [-0.39, 0.29) is 17.4 Å². The van der Waals surface area contributed by atoms with E-state index in [1.165, 1.54) is 24.4 Å². The Hall–Kier alpha value is -2.87. The van der Waals surface area contributed by atoms with E-state index in [9.17, 15) is 23.1 Å². The van der Waals surface area contributed by atoms with Crippen molar-refractivity contribution in [1.82, 2.24) is 9.78 Å². The number of halogens is 3. The van der Waals surface area contributed by atoms with Gasteiger partial charge in [0, 0.05) is 12.0 Å². The minimum absolute atomic E-state index is 0.00743. The maximum atomic E-state index is 13.1. The van der Waals surface area contributed by atoms with Gasteiger partial charge >= 0.3 is 12.1 Å². The molecule has 8 heteroatoms. The molecule has 1 unspecified atom stereocenters. The number of aromatic carboxylic acids is 1. The minimum Gasteiger partial charge on any atom is -0.478 e. The first kappa shape index (κ1) is 18.5. The van der Waals surface area contributed by atoms with Crippen LogP contribution >= 0.6 is 0 Å². The van der Waals surface area contributed by atoms with E-state index in [2.05, 4.69) is 5.10 Å². The lowest BCUT2D eigenvalue weighted by molar-refractivity contribution is -0.137. The molecule has 1 fully saturated rings. The van der Waals surface area contributed by atoms with Crippen LogP contribution in [0.15, 0.2) is 42.6 Å². The Labute approximate surface area is 158 Å². The summed E-state index contributed by atoms with van der Waals surface area (Å²) in [6, 6.07) is 7.89. The number of aromatic nitrogens is 2. The van der Waals surface area contributed by atoms with E-state index >= 15 is 0 Å². The zero-order chi connectivity index (χ0) is 19.9. The predicted octanol–water partition coefficient (Wildman–Crippen LogP) is 5.12. The van der Waals surface area contributed by atoms with Crippen LogP contribution < -0.4 is 0 Å². The molecule has 5 nitrogen and oxygen atoms in total. The molecule has 1 aromatic heterocycles. The molecule has 146 valence electrons. The van der Waals surface area contributed by atoms with Crippen LogP contribution in [0.1, 0.15) is 41.4 Å². The Morgan fingerprint density at radius 3 is 2.68 bits per heavy atom. The molecule has 3 aromatic rings. The monoisotopic (exact) mass is 390 g/mol. The van der Waals surface area contributed by atoms with E-state index in [1.807, 2.05) is 0 Å². The fraction of sp³-hybridized carbons (Fsp3) is 0.300. The van der Waals surface area contributed by atoms with Gasteiger partial charge in [-0.15, -0.1) is 0 Å². The maximum Gasteiger partial charge on any atom is 0.416 e. The number of hydrogen-bond acceptors (Lipinski definition) is 3. The van der Waals surface area contributed by atoms with Crippen LogP contribution in [-0.4, -0.2) is 27.5 Å². The summed E-state index contributed by atoms with van der Waals surface area (Å²) in [7, 11) is 0. The van der Waals surface area contributed by atoms with Crippen LogP contribution in [0.2, 0.25) is 0 Å². The summed E-state index contributed by atoms with van der Waals surface area (Å²) < 4.78 is 46.6. The predicted molar refractivity (Wildman–Crippen MR) is 96.0 cm³/mol. The highest BCUT2D eigenvalue weighted by molar-refractivity contribution is 6.04. The molecular formula is C20H17F3N2O3. The van der Waals surface area contributed by atoms with Crippen molar-refractivity contribution < 1.29 is 27.8 Å². The van der Waals surface area contributed by atoms with Gasteiger partial charge in [0.15, 0.2) is 6.23 Å². The standard InChI is InChI=1S/C20H17F3N2O3/c21-20(22,23)14-5-3-4-12(8-14)13-9-15(19(26)27)16-11-24-25(17(16)10-13)18-6-1-2-7-28-18/h3-5,8-11,18H,1-2,6-7H2,(H,26,27). The van der Waals surface area contributed by atoms with Crippen LogP contribution in [0.4, 0.5) is 13.2 Å². The molecule has 1 saturated heterocycles. The molecule has 0 spiro atoms. The molecule has 4 rings (SSSR count).